The Balaban J connectivity index is 1.67. The van der Waals surface area contributed by atoms with Crippen LogP contribution in [0.25, 0.3) is 0 Å². The second-order valence-electron chi connectivity index (χ2n) is 5.93. The van der Waals surface area contributed by atoms with Crippen molar-refractivity contribution in [2.75, 3.05) is 20.2 Å². The van der Waals surface area contributed by atoms with E-state index in [4.69, 9.17) is 4.74 Å². The summed E-state index contributed by atoms with van der Waals surface area (Å²) in [6.45, 7) is 1.61. The maximum atomic E-state index is 12.3. The summed E-state index contributed by atoms with van der Waals surface area (Å²) in [6, 6.07) is 8.11. The Bertz CT molecular complexity index is 805. The molecule has 0 spiro atoms. The van der Waals surface area contributed by atoms with Gasteiger partial charge in [0.15, 0.2) is 0 Å². The van der Waals surface area contributed by atoms with Gasteiger partial charge in [0.1, 0.15) is 5.75 Å². The number of nitro groups is 1. The lowest BCUT2D eigenvalue weighted by Gasteiger charge is -2.14. The number of aromatic nitrogens is 1. The number of hydrogen-bond donors (Lipinski definition) is 0. The molecule has 0 aliphatic carbocycles. The number of rotatable bonds is 6. The van der Waals surface area contributed by atoms with Gasteiger partial charge in [0.2, 0.25) is 0 Å². The van der Waals surface area contributed by atoms with Crippen LogP contribution in [0.15, 0.2) is 41.6 Å². The molecule has 2 heterocycles. The van der Waals surface area contributed by atoms with Crippen LogP contribution < -0.4 is 4.74 Å². The van der Waals surface area contributed by atoms with Gasteiger partial charge in [0.25, 0.3) is 11.6 Å². The average Bonchev–Trinajstić information content (AvgIpc) is 3.20. The molecule has 8 heteroatoms. The minimum Gasteiger partial charge on any atom is -0.496 e. The molecule has 1 amide bonds. The van der Waals surface area contributed by atoms with Crippen molar-refractivity contribution in [3.05, 3.63) is 57.8 Å². The molecule has 1 saturated heterocycles. The molecular weight excluding hydrogens is 354 g/mol. The molecule has 1 aliphatic rings. The zero-order valence-electron chi connectivity index (χ0n) is 14.4. The predicted octanol–water partition coefficient (Wildman–Crippen LogP) is 3.53. The number of carbonyl (C=O) groups excluding carboxylic acids is 1. The number of amides is 1. The Hall–Kier alpha value is -2.61. The van der Waals surface area contributed by atoms with Crippen molar-refractivity contribution >= 4 is 23.4 Å². The van der Waals surface area contributed by atoms with E-state index in [1.165, 1.54) is 31.0 Å². The van der Waals surface area contributed by atoms with Gasteiger partial charge < -0.3 is 9.64 Å². The first-order valence-corrected chi connectivity index (χ1v) is 9.26. The largest absolute Gasteiger partial charge is 0.496 e. The minimum atomic E-state index is -0.426. The summed E-state index contributed by atoms with van der Waals surface area (Å²) in [4.78, 5) is 29.0. The first-order chi connectivity index (χ1) is 12.6. The van der Waals surface area contributed by atoms with Crippen LogP contribution in [-0.4, -0.2) is 40.9 Å². The number of pyridine rings is 1. The smallest absolute Gasteiger partial charge is 0.270 e. The van der Waals surface area contributed by atoms with Gasteiger partial charge in [0, 0.05) is 42.7 Å². The van der Waals surface area contributed by atoms with Crippen LogP contribution in [0.3, 0.4) is 0 Å². The van der Waals surface area contributed by atoms with Crippen LogP contribution in [0.4, 0.5) is 5.69 Å². The summed E-state index contributed by atoms with van der Waals surface area (Å²) in [6.07, 6.45) is 3.70. The number of carbonyl (C=O) groups is 1. The Labute approximate surface area is 155 Å². The molecular formula is C18H19N3O4S. The molecule has 0 saturated carbocycles. The first-order valence-electron chi connectivity index (χ1n) is 8.28. The SMILES string of the molecule is COc1ccc([N+](=O)[O-])cc1CSc1ccc(C(=O)N2CCCC2)cn1. The Morgan fingerprint density at radius 1 is 1.31 bits per heavy atom. The summed E-state index contributed by atoms with van der Waals surface area (Å²) in [7, 11) is 1.53. The van der Waals surface area contributed by atoms with Crippen LogP contribution in [-0.2, 0) is 5.75 Å². The maximum Gasteiger partial charge on any atom is 0.270 e. The van der Waals surface area contributed by atoms with Gasteiger partial charge >= 0.3 is 0 Å². The topological polar surface area (TPSA) is 85.6 Å². The van der Waals surface area contributed by atoms with E-state index < -0.39 is 4.92 Å². The molecule has 0 radical (unpaired) electrons. The maximum absolute atomic E-state index is 12.3. The second kappa shape index (κ2) is 8.18. The zero-order chi connectivity index (χ0) is 18.5. The summed E-state index contributed by atoms with van der Waals surface area (Å²) in [5.41, 5.74) is 1.34. The van der Waals surface area contributed by atoms with E-state index in [2.05, 4.69) is 4.98 Å². The number of nitrogens with zero attached hydrogens (tertiary/aromatic N) is 3. The van der Waals surface area contributed by atoms with E-state index in [-0.39, 0.29) is 11.6 Å². The number of benzene rings is 1. The van der Waals surface area contributed by atoms with Gasteiger partial charge in [-0.3, -0.25) is 14.9 Å². The lowest BCUT2D eigenvalue weighted by Crippen LogP contribution is -2.27. The number of thioether (sulfide) groups is 1. The lowest BCUT2D eigenvalue weighted by atomic mass is 10.2. The zero-order valence-corrected chi connectivity index (χ0v) is 15.2. The highest BCUT2D eigenvalue weighted by molar-refractivity contribution is 7.98. The van der Waals surface area contributed by atoms with E-state index in [0.29, 0.717) is 17.1 Å². The highest BCUT2D eigenvalue weighted by atomic mass is 32.2. The van der Waals surface area contributed by atoms with Crippen molar-refractivity contribution in [1.82, 2.24) is 9.88 Å². The van der Waals surface area contributed by atoms with Gasteiger partial charge in [-0.25, -0.2) is 4.98 Å². The molecule has 0 atom stereocenters. The van der Waals surface area contributed by atoms with E-state index >= 15 is 0 Å². The highest BCUT2D eigenvalue weighted by Crippen LogP contribution is 2.30. The fourth-order valence-corrected chi connectivity index (χ4v) is 3.66. The van der Waals surface area contributed by atoms with Gasteiger partial charge in [-0.2, -0.15) is 0 Å². The third-order valence-electron chi connectivity index (χ3n) is 4.23. The fraction of sp³-hybridized carbons (Fsp3) is 0.333. The Kier molecular flexibility index (Phi) is 5.72. The molecule has 0 bridgehead atoms. The van der Waals surface area contributed by atoms with Crippen LogP contribution in [0.1, 0.15) is 28.8 Å². The molecule has 1 aromatic carbocycles. The van der Waals surface area contributed by atoms with E-state index in [0.717, 1.165) is 36.5 Å². The van der Waals surface area contributed by atoms with Crippen molar-refractivity contribution in [2.45, 2.75) is 23.6 Å². The van der Waals surface area contributed by atoms with Crippen molar-refractivity contribution in [3.63, 3.8) is 0 Å². The van der Waals surface area contributed by atoms with Crippen molar-refractivity contribution in [2.24, 2.45) is 0 Å². The highest BCUT2D eigenvalue weighted by Gasteiger charge is 2.19. The molecule has 3 rings (SSSR count). The average molecular weight is 373 g/mol. The number of methoxy groups -OCH3 is 1. The van der Waals surface area contributed by atoms with Crippen molar-refractivity contribution in [3.8, 4) is 5.75 Å². The number of hydrogen-bond acceptors (Lipinski definition) is 6. The van der Waals surface area contributed by atoms with Crippen LogP contribution in [0, 0.1) is 10.1 Å². The van der Waals surface area contributed by atoms with Gasteiger partial charge in [-0.15, -0.1) is 11.8 Å². The number of non-ortho nitro benzene ring substituents is 1. The Morgan fingerprint density at radius 3 is 2.69 bits per heavy atom. The second-order valence-corrected chi connectivity index (χ2v) is 6.92. The van der Waals surface area contributed by atoms with E-state index in [1.807, 2.05) is 4.90 Å². The number of ether oxygens (including phenoxy) is 1. The third-order valence-corrected chi connectivity index (χ3v) is 5.22. The molecule has 0 unspecified atom stereocenters. The van der Waals surface area contributed by atoms with E-state index in [1.54, 1.807) is 24.4 Å². The predicted molar refractivity (Wildman–Crippen MR) is 98.6 cm³/mol. The molecule has 136 valence electrons. The van der Waals surface area contributed by atoms with Crippen molar-refractivity contribution in [1.29, 1.82) is 0 Å². The Morgan fingerprint density at radius 2 is 2.08 bits per heavy atom. The monoisotopic (exact) mass is 373 g/mol. The summed E-state index contributed by atoms with van der Waals surface area (Å²) in [5.74, 6) is 1.10. The van der Waals surface area contributed by atoms with E-state index in [9.17, 15) is 14.9 Å². The van der Waals surface area contributed by atoms with Crippen LogP contribution in [0.5, 0.6) is 5.75 Å². The molecule has 1 aromatic heterocycles. The van der Waals surface area contributed by atoms with Crippen LogP contribution >= 0.6 is 11.8 Å². The molecule has 0 N–H and O–H groups in total. The van der Waals surface area contributed by atoms with Gasteiger partial charge in [0.05, 0.1) is 22.6 Å². The molecule has 7 nitrogen and oxygen atoms in total. The number of likely N-dealkylation sites (tertiary alicyclic amines) is 1. The third kappa shape index (κ3) is 4.13. The molecule has 2 aromatic rings. The number of nitro benzene ring substituents is 1. The van der Waals surface area contributed by atoms with Gasteiger partial charge in [-0.05, 0) is 31.0 Å². The minimum absolute atomic E-state index is 0.0203. The van der Waals surface area contributed by atoms with Crippen LogP contribution in [0.2, 0.25) is 0 Å². The molecule has 26 heavy (non-hydrogen) atoms. The standard InChI is InChI=1S/C18H19N3O4S/c1-25-16-6-5-15(21(23)24)10-14(16)12-26-17-7-4-13(11-19-17)18(22)20-8-2-3-9-20/h4-7,10-11H,2-3,8-9,12H2,1H3. The summed E-state index contributed by atoms with van der Waals surface area (Å²) < 4.78 is 5.27. The quantitative estimate of drug-likeness (QED) is 0.437. The molecule has 1 aliphatic heterocycles. The fourth-order valence-electron chi connectivity index (χ4n) is 2.84. The molecule has 1 fully saturated rings. The first kappa shape index (κ1) is 18.2. The normalized spacial score (nSPS) is 13.7. The summed E-state index contributed by atoms with van der Waals surface area (Å²) in [5, 5.41) is 11.7. The lowest BCUT2D eigenvalue weighted by molar-refractivity contribution is -0.384. The summed E-state index contributed by atoms with van der Waals surface area (Å²) >= 11 is 1.44. The van der Waals surface area contributed by atoms with Gasteiger partial charge in [-0.1, -0.05) is 0 Å². The van der Waals surface area contributed by atoms with Crippen molar-refractivity contribution < 1.29 is 14.5 Å².